The molecule has 2 atom stereocenters. The molecule has 0 saturated heterocycles. The van der Waals surface area contributed by atoms with E-state index in [0.717, 1.165) is 31.7 Å². The lowest BCUT2D eigenvalue weighted by Gasteiger charge is -2.31. The Bertz CT molecular complexity index is 522. The second-order valence-corrected chi connectivity index (χ2v) is 5.79. The van der Waals surface area contributed by atoms with Gasteiger partial charge in [0, 0.05) is 6.04 Å². The van der Waals surface area contributed by atoms with Crippen LogP contribution in [0, 0.1) is 5.92 Å². The molecule has 3 nitrogen and oxygen atoms in total. The van der Waals surface area contributed by atoms with Crippen LogP contribution in [0.1, 0.15) is 36.8 Å². The van der Waals surface area contributed by atoms with Crippen molar-refractivity contribution in [2.24, 2.45) is 11.7 Å². The van der Waals surface area contributed by atoms with E-state index in [2.05, 4.69) is 5.32 Å². The van der Waals surface area contributed by atoms with Crippen LogP contribution in [0.5, 0.6) is 0 Å². The Morgan fingerprint density at radius 2 is 1.87 bits per heavy atom. The van der Waals surface area contributed by atoms with Gasteiger partial charge in [0.05, 0.1) is 12.0 Å². The number of hydrogen-bond acceptors (Lipinski definition) is 2. The molecule has 1 aromatic rings. The van der Waals surface area contributed by atoms with Gasteiger partial charge in [0.1, 0.15) is 0 Å². The zero-order chi connectivity index (χ0) is 16.2. The van der Waals surface area contributed by atoms with Crippen LogP contribution >= 0.6 is 12.4 Å². The van der Waals surface area contributed by atoms with Gasteiger partial charge in [-0.3, -0.25) is 4.79 Å². The molecular formula is C16H22ClF3N2O. The van der Waals surface area contributed by atoms with E-state index in [1.807, 2.05) is 0 Å². The summed E-state index contributed by atoms with van der Waals surface area (Å²) < 4.78 is 38.8. The minimum atomic E-state index is -4.44. The molecule has 0 bridgehead atoms. The number of halogens is 4. The highest BCUT2D eigenvalue weighted by molar-refractivity contribution is 5.85. The fourth-order valence-corrected chi connectivity index (χ4v) is 3.06. The van der Waals surface area contributed by atoms with E-state index in [1.54, 1.807) is 0 Å². The maximum absolute atomic E-state index is 12.9. The number of hydrogen-bond donors (Lipinski definition) is 2. The van der Waals surface area contributed by atoms with Gasteiger partial charge in [-0.05, 0) is 36.9 Å². The fraction of sp³-hybridized carbons (Fsp3) is 0.562. The Kier molecular flexibility index (Phi) is 7.35. The molecule has 1 aliphatic carbocycles. The lowest BCUT2D eigenvalue weighted by Crippen LogP contribution is -2.45. The van der Waals surface area contributed by atoms with Crippen molar-refractivity contribution in [1.82, 2.24) is 5.32 Å². The van der Waals surface area contributed by atoms with E-state index in [0.29, 0.717) is 6.54 Å². The highest BCUT2D eigenvalue weighted by atomic mass is 35.5. The lowest BCUT2D eigenvalue weighted by molar-refractivity contribution is -0.138. The average molecular weight is 351 g/mol. The first-order valence-corrected chi connectivity index (χ1v) is 7.56. The third-order valence-corrected chi connectivity index (χ3v) is 4.23. The molecule has 2 unspecified atom stereocenters. The summed E-state index contributed by atoms with van der Waals surface area (Å²) in [5, 5.41) is 2.86. The zero-order valence-corrected chi connectivity index (χ0v) is 13.6. The second kappa shape index (κ2) is 8.55. The van der Waals surface area contributed by atoms with Crippen molar-refractivity contribution < 1.29 is 18.0 Å². The highest BCUT2D eigenvalue weighted by Gasteiger charge is 2.33. The molecule has 1 saturated carbocycles. The number of nitrogens with two attached hydrogens (primary N) is 1. The summed E-state index contributed by atoms with van der Waals surface area (Å²) in [7, 11) is 0. The number of carbonyl (C=O) groups excluding carboxylic acids is 1. The summed E-state index contributed by atoms with van der Waals surface area (Å²) in [6, 6.07) is 5.18. The first-order chi connectivity index (χ1) is 10.4. The topological polar surface area (TPSA) is 55.1 Å². The number of rotatable bonds is 4. The summed E-state index contributed by atoms with van der Waals surface area (Å²) in [4.78, 5) is 12.1. The molecule has 0 radical (unpaired) electrons. The Morgan fingerprint density at radius 1 is 1.22 bits per heavy atom. The van der Waals surface area contributed by atoms with Crippen LogP contribution in [0.15, 0.2) is 24.3 Å². The number of amides is 1. The molecule has 0 aliphatic heterocycles. The molecule has 0 aromatic heterocycles. The maximum Gasteiger partial charge on any atom is 0.416 e. The smallest absolute Gasteiger partial charge is 0.353 e. The van der Waals surface area contributed by atoms with Crippen LogP contribution in [0.4, 0.5) is 13.2 Å². The van der Waals surface area contributed by atoms with Crippen LogP contribution in [0.2, 0.25) is 0 Å². The predicted molar refractivity (Wildman–Crippen MR) is 85.3 cm³/mol. The molecular weight excluding hydrogens is 329 g/mol. The Balaban J connectivity index is 0.00000264. The van der Waals surface area contributed by atoms with Crippen molar-refractivity contribution in [3.05, 3.63) is 35.4 Å². The van der Waals surface area contributed by atoms with Crippen molar-refractivity contribution in [2.75, 3.05) is 6.54 Å². The van der Waals surface area contributed by atoms with Gasteiger partial charge >= 0.3 is 6.18 Å². The molecule has 1 fully saturated rings. The molecule has 23 heavy (non-hydrogen) atoms. The van der Waals surface area contributed by atoms with Gasteiger partial charge in [0.2, 0.25) is 5.91 Å². The van der Waals surface area contributed by atoms with Crippen LogP contribution < -0.4 is 11.1 Å². The molecule has 7 heteroatoms. The summed E-state index contributed by atoms with van der Waals surface area (Å²) in [6.07, 6.45) is -0.800. The van der Waals surface area contributed by atoms with E-state index in [4.69, 9.17) is 5.73 Å². The molecule has 1 amide bonds. The van der Waals surface area contributed by atoms with Gasteiger partial charge in [-0.1, -0.05) is 31.0 Å². The van der Waals surface area contributed by atoms with Gasteiger partial charge in [0.15, 0.2) is 0 Å². The van der Waals surface area contributed by atoms with Crippen LogP contribution in [-0.2, 0) is 17.4 Å². The Morgan fingerprint density at radius 3 is 2.52 bits per heavy atom. The summed E-state index contributed by atoms with van der Waals surface area (Å²) >= 11 is 0. The summed E-state index contributed by atoms with van der Waals surface area (Å²) in [6.45, 7) is 0.490. The van der Waals surface area contributed by atoms with Crippen molar-refractivity contribution in [1.29, 1.82) is 0 Å². The van der Waals surface area contributed by atoms with E-state index in [1.165, 1.54) is 18.2 Å². The van der Waals surface area contributed by atoms with Crippen LogP contribution in [0.3, 0.4) is 0 Å². The quantitative estimate of drug-likeness (QED) is 0.875. The van der Waals surface area contributed by atoms with Crippen molar-refractivity contribution >= 4 is 18.3 Å². The first-order valence-electron chi connectivity index (χ1n) is 7.56. The van der Waals surface area contributed by atoms with E-state index < -0.39 is 11.7 Å². The van der Waals surface area contributed by atoms with Gasteiger partial charge in [0.25, 0.3) is 0 Å². The zero-order valence-electron chi connectivity index (χ0n) is 12.7. The average Bonchev–Trinajstić information content (AvgIpc) is 2.47. The van der Waals surface area contributed by atoms with Gasteiger partial charge in [-0.15, -0.1) is 12.4 Å². The molecule has 2 rings (SSSR count). The van der Waals surface area contributed by atoms with Crippen LogP contribution in [0.25, 0.3) is 0 Å². The SMILES string of the molecule is Cl.NCC1CCCCC1NC(=O)Cc1ccccc1C(F)(F)F. The number of nitrogens with one attached hydrogen (secondary N) is 1. The Hall–Kier alpha value is -1.27. The molecule has 3 N–H and O–H groups in total. The largest absolute Gasteiger partial charge is 0.416 e. The van der Waals surface area contributed by atoms with E-state index in [-0.39, 0.29) is 42.3 Å². The molecule has 1 aliphatic rings. The third kappa shape index (κ3) is 5.39. The van der Waals surface area contributed by atoms with Crippen molar-refractivity contribution in [3.63, 3.8) is 0 Å². The minimum Gasteiger partial charge on any atom is -0.353 e. The molecule has 0 heterocycles. The lowest BCUT2D eigenvalue weighted by atomic mass is 9.84. The monoisotopic (exact) mass is 350 g/mol. The van der Waals surface area contributed by atoms with Crippen LogP contribution in [-0.4, -0.2) is 18.5 Å². The molecule has 1 aromatic carbocycles. The number of carbonyl (C=O) groups is 1. The molecule has 130 valence electrons. The van der Waals surface area contributed by atoms with E-state index >= 15 is 0 Å². The van der Waals surface area contributed by atoms with Gasteiger partial charge in [-0.25, -0.2) is 0 Å². The van der Waals surface area contributed by atoms with Crippen molar-refractivity contribution in [2.45, 2.75) is 44.3 Å². The first kappa shape index (κ1) is 19.8. The fourth-order valence-electron chi connectivity index (χ4n) is 3.06. The maximum atomic E-state index is 12.9. The standard InChI is InChI=1S/C16H21F3N2O.ClH/c17-16(18,19)13-7-3-1-5-11(13)9-15(22)21-14-8-4-2-6-12(14)10-20;/h1,3,5,7,12,14H,2,4,6,8-10,20H2,(H,21,22);1H. The summed E-state index contributed by atoms with van der Waals surface area (Å²) in [5.41, 5.74) is 4.96. The third-order valence-electron chi connectivity index (χ3n) is 4.23. The number of alkyl halides is 3. The predicted octanol–water partition coefficient (Wildman–Crippen LogP) is 3.30. The summed E-state index contributed by atoms with van der Waals surface area (Å²) in [5.74, 6) is -0.155. The van der Waals surface area contributed by atoms with Crippen molar-refractivity contribution in [3.8, 4) is 0 Å². The molecule has 0 spiro atoms. The highest BCUT2D eigenvalue weighted by Crippen LogP contribution is 2.32. The van der Waals surface area contributed by atoms with Gasteiger partial charge < -0.3 is 11.1 Å². The second-order valence-electron chi connectivity index (χ2n) is 5.79. The minimum absolute atomic E-state index is 0. The number of benzene rings is 1. The Labute approximate surface area is 140 Å². The van der Waals surface area contributed by atoms with Gasteiger partial charge in [-0.2, -0.15) is 13.2 Å². The normalized spacial score (nSPS) is 21.4. The van der Waals surface area contributed by atoms with E-state index in [9.17, 15) is 18.0 Å².